The smallest absolute Gasteiger partial charge is 0.280 e. The molecule has 1 atom stereocenters. The summed E-state index contributed by atoms with van der Waals surface area (Å²) < 4.78 is 5.24. The van der Waals surface area contributed by atoms with Crippen LogP contribution in [0.1, 0.15) is 59.7 Å². The molecule has 1 aliphatic rings. The highest BCUT2D eigenvalue weighted by Crippen LogP contribution is 2.38. The number of carbonyl (C=O) groups excluding carboxylic acids is 1. The highest BCUT2D eigenvalue weighted by atomic mass is 32.1. The van der Waals surface area contributed by atoms with E-state index < -0.39 is 0 Å². The Bertz CT molecular complexity index is 741. The number of hydrogen-bond donors (Lipinski definition) is 2. The van der Waals surface area contributed by atoms with Crippen molar-refractivity contribution >= 4 is 17.2 Å². The Labute approximate surface area is 151 Å². The van der Waals surface area contributed by atoms with E-state index in [0.29, 0.717) is 23.6 Å². The lowest BCUT2D eigenvalue weighted by Crippen LogP contribution is -2.41. The number of amides is 1. The molecule has 0 aliphatic heterocycles. The Hall–Kier alpha value is -1.99. The van der Waals surface area contributed by atoms with Gasteiger partial charge in [0.1, 0.15) is 5.75 Å². The Morgan fingerprint density at radius 1 is 1.40 bits per heavy atom. The van der Waals surface area contributed by atoms with Crippen LogP contribution in [-0.4, -0.2) is 34.2 Å². The summed E-state index contributed by atoms with van der Waals surface area (Å²) in [5.41, 5.74) is 1.80. The highest BCUT2D eigenvalue weighted by Gasteiger charge is 2.36. The van der Waals surface area contributed by atoms with E-state index in [-0.39, 0.29) is 29.9 Å². The maximum Gasteiger partial charge on any atom is 0.280 e. The van der Waals surface area contributed by atoms with Crippen molar-refractivity contribution in [2.24, 2.45) is 5.92 Å². The zero-order valence-corrected chi connectivity index (χ0v) is 15.4. The van der Waals surface area contributed by atoms with Crippen LogP contribution in [0, 0.1) is 5.92 Å². The number of aliphatic hydroxyl groups is 1. The first-order chi connectivity index (χ1) is 12.0. The molecule has 1 fully saturated rings. The minimum absolute atomic E-state index is 0.178. The van der Waals surface area contributed by atoms with Crippen LogP contribution in [0.3, 0.4) is 0 Å². The van der Waals surface area contributed by atoms with Gasteiger partial charge in [-0.3, -0.25) is 9.78 Å². The van der Waals surface area contributed by atoms with Crippen molar-refractivity contribution in [2.45, 2.75) is 44.8 Å². The number of rotatable bonds is 6. The standard InChI is InChI=1S/C18H23N3O3S/c1-10(2)15-9-25-18(20-15)17(23)21-16(11-4-13(22)5-11)12-6-14(24-3)8-19-7-12/h6-11,13,16,22H,4-5H2,1-3H3,(H,21,23)/t11?,13?,16-/m1/s1. The highest BCUT2D eigenvalue weighted by molar-refractivity contribution is 7.11. The minimum atomic E-state index is -0.296. The summed E-state index contributed by atoms with van der Waals surface area (Å²) in [6.45, 7) is 4.11. The van der Waals surface area contributed by atoms with Crippen LogP contribution < -0.4 is 10.1 Å². The van der Waals surface area contributed by atoms with Crippen LogP contribution >= 0.6 is 11.3 Å². The molecule has 2 N–H and O–H groups in total. The quantitative estimate of drug-likeness (QED) is 0.826. The van der Waals surface area contributed by atoms with Crippen molar-refractivity contribution < 1.29 is 14.6 Å². The molecule has 0 unspecified atom stereocenters. The van der Waals surface area contributed by atoms with Gasteiger partial charge in [-0.05, 0) is 36.3 Å². The molecule has 0 bridgehead atoms. The first-order valence-corrected chi connectivity index (χ1v) is 9.29. The molecule has 134 valence electrons. The molecule has 1 saturated carbocycles. The zero-order valence-electron chi connectivity index (χ0n) is 14.6. The Kier molecular flexibility index (Phi) is 5.34. The molecule has 6 nitrogen and oxygen atoms in total. The third-order valence-corrected chi connectivity index (χ3v) is 5.40. The van der Waals surface area contributed by atoms with E-state index in [1.54, 1.807) is 19.5 Å². The fourth-order valence-corrected chi connectivity index (χ4v) is 3.83. The fraction of sp³-hybridized carbons (Fsp3) is 0.500. The SMILES string of the molecule is COc1cncc([C@H](NC(=O)c2nc(C(C)C)cs2)C2CC(O)C2)c1. The van der Waals surface area contributed by atoms with Crippen LogP contribution in [0.2, 0.25) is 0 Å². The number of hydrogen-bond acceptors (Lipinski definition) is 6. The maximum atomic E-state index is 12.7. The molecule has 2 aromatic rings. The second-order valence-corrected chi connectivity index (χ2v) is 7.58. The molecule has 1 amide bonds. The predicted molar refractivity (Wildman–Crippen MR) is 95.9 cm³/mol. The van der Waals surface area contributed by atoms with E-state index in [4.69, 9.17) is 4.74 Å². The lowest BCUT2D eigenvalue weighted by Gasteiger charge is -2.38. The number of carbonyl (C=O) groups is 1. The van der Waals surface area contributed by atoms with Gasteiger partial charge in [-0.1, -0.05) is 13.8 Å². The second-order valence-electron chi connectivity index (χ2n) is 6.73. The molecule has 2 aromatic heterocycles. The fourth-order valence-electron chi connectivity index (χ4n) is 2.95. The topological polar surface area (TPSA) is 84.3 Å². The number of thiazole rings is 1. The summed E-state index contributed by atoms with van der Waals surface area (Å²) in [5.74, 6) is 0.925. The van der Waals surface area contributed by atoms with Gasteiger partial charge in [0.25, 0.3) is 5.91 Å². The van der Waals surface area contributed by atoms with Crippen molar-refractivity contribution in [3.8, 4) is 5.75 Å². The molecule has 0 spiro atoms. The van der Waals surface area contributed by atoms with Gasteiger partial charge in [0, 0.05) is 11.6 Å². The Balaban J connectivity index is 1.80. The van der Waals surface area contributed by atoms with Gasteiger partial charge >= 0.3 is 0 Å². The summed E-state index contributed by atoms with van der Waals surface area (Å²) in [6.07, 6.45) is 4.40. The maximum absolute atomic E-state index is 12.7. The van der Waals surface area contributed by atoms with E-state index in [0.717, 1.165) is 11.3 Å². The number of aromatic nitrogens is 2. The summed E-state index contributed by atoms with van der Waals surface area (Å²) in [5, 5.41) is 15.1. The van der Waals surface area contributed by atoms with Gasteiger partial charge in [-0.25, -0.2) is 4.98 Å². The number of pyridine rings is 1. The number of methoxy groups -OCH3 is 1. The van der Waals surface area contributed by atoms with Gasteiger partial charge in [0.05, 0.1) is 31.1 Å². The molecular weight excluding hydrogens is 338 g/mol. The van der Waals surface area contributed by atoms with Crippen molar-refractivity contribution in [3.05, 3.63) is 40.1 Å². The van der Waals surface area contributed by atoms with E-state index in [2.05, 4.69) is 29.1 Å². The Morgan fingerprint density at radius 3 is 2.76 bits per heavy atom. The average Bonchev–Trinajstić information content (AvgIpc) is 3.07. The summed E-state index contributed by atoms with van der Waals surface area (Å²) in [4.78, 5) is 21.3. The van der Waals surface area contributed by atoms with Gasteiger partial charge < -0.3 is 15.2 Å². The average molecular weight is 361 g/mol. The minimum Gasteiger partial charge on any atom is -0.495 e. The largest absolute Gasteiger partial charge is 0.495 e. The lowest BCUT2D eigenvalue weighted by atomic mass is 9.75. The lowest BCUT2D eigenvalue weighted by molar-refractivity contribution is 0.0234. The number of aliphatic hydroxyl groups excluding tert-OH is 1. The first kappa shape index (κ1) is 17.8. The van der Waals surface area contributed by atoms with Crippen LogP contribution in [0.15, 0.2) is 23.8 Å². The van der Waals surface area contributed by atoms with Crippen LogP contribution in [0.25, 0.3) is 0 Å². The van der Waals surface area contributed by atoms with Crippen LogP contribution in [0.4, 0.5) is 0 Å². The summed E-state index contributed by atoms with van der Waals surface area (Å²) >= 11 is 1.36. The third-order valence-electron chi connectivity index (χ3n) is 4.54. The van der Waals surface area contributed by atoms with Gasteiger partial charge in [-0.15, -0.1) is 11.3 Å². The molecular formula is C18H23N3O3S. The van der Waals surface area contributed by atoms with Crippen LogP contribution in [-0.2, 0) is 0 Å². The zero-order chi connectivity index (χ0) is 18.0. The number of nitrogens with zero attached hydrogens (tertiary/aromatic N) is 2. The van der Waals surface area contributed by atoms with Crippen LogP contribution in [0.5, 0.6) is 5.75 Å². The van der Waals surface area contributed by atoms with Crippen molar-refractivity contribution in [1.82, 2.24) is 15.3 Å². The number of nitrogens with one attached hydrogen (secondary N) is 1. The first-order valence-electron chi connectivity index (χ1n) is 8.41. The molecule has 0 aromatic carbocycles. The summed E-state index contributed by atoms with van der Waals surface area (Å²) in [6, 6.07) is 1.66. The molecule has 2 heterocycles. The van der Waals surface area contributed by atoms with Crippen molar-refractivity contribution in [3.63, 3.8) is 0 Å². The monoisotopic (exact) mass is 361 g/mol. The van der Waals surface area contributed by atoms with Gasteiger partial charge in [0.15, 0.2) is 5.01 Å². The Morgan fingerprint density at radius 2 is 2.16 bits per heavy atom. The second kappa shape index (κ2) is 7.49. The molecule has 1 aliphatic carbocycles. The van der Waals surface area contributed by atoms with E-state index in [1.807, 2.05) is 11.4 Å². The van der Waals surface area contributed by atoms with E-state index in [9.17, 15) is 9.90 Å². The molecule has 7 heteroatoms. The van der Waals surface area contributed by atoms with Crippen molar-refractivity contribution in [2.75, 3.05) is 7.11 Å². The molecule has 25 heavy (non-hydrogen) atoms. The summed E-state index contributed by atoms with van der Waals surface area (Å²) in [7, 11) is 1.59. The molecule has 3 rings (SSSR count). The number of ether oxygens (including phenoxy) is 1. The normalized spacial score (nSPS) is 20.8. The molecule has 0 saturated heterocycles. The van der Waals surface area contributed by atoms with E-state index >= 15 is 0 Å². The molecule has 0 radical (unpaired) electrons. The van der Waals surface area contributed by atoms with E-state index in [1.165, 1.54) is 11.3 Å². The van der Waals surface area contributed by atoms with Gasteiger partial charge in [-0.2, -0.15) is 0 Å². The predicted octanol–water partition coefficient (Wildman–Crippen LogP) is 2.91. The third kappa shape index (κ3) is 3.99. The van der Waals surface area contributed by atoms with Crippen molar-refractivity contribution in [1.29, 1.82) is 0 Å². The van der Waals surface area contributed by atoms with Gasteiger partial charge in [0.2, 0.25) is 0 Å².